The minimum absolute atomic E-state index is 0.280. The van der Waals surface area contributed by atoms with E-state index in [0.29, 0.717) is 6.07 Å². The van der Waals surface area contributed by atoms with E-state index < -0.39 is 29.2 Å². The minimum atomic E-state index is -1.97. The number of hydrogen-bond donors (Lipinski definition) is 2. The first kappa shape index (κ1) is 12.9. The molecule has 88 valence electrons. The lowest BCUT2D eigenvalue weighted by Crippen LogP contribution is -2.21. The van der Waals surface area contributed by atoms with Crippen molar-refractivity contribution in [3.8, 4) is 6.07 Å². The fourth-order valence-electron chi connectivity index (χ4n) is 1.24. The highest BCUT2D eigenvalue weighted by atomic mass is 35.5. The van der Waals surface area contributed by atoms with Crippen LogP contribution in [0.3, 0.4) is 0 Å². The predicted molar refractivity (Wildman–Crippen MR) is 54.1 cm³/mol. The zero-order valence-corrected chi connectivity index (χ0v) is 8.90. The van der Waals surface area contributed by atoms with E-state index in [1.54, 1.807) is 0 Å². The largest absolute Gasteiger partial charge is 0.480 e. The van der Waals surface area contributed by atoms with Gasteiger partial charge in [0.05, 0.1) is 5.56 Å². The summed E-state index contributed by atoms with van der Waals surface area (Å²) in [6.07, 6.45) is 0. The first-order chi connectivity index (χ1) is 7.88. The average Bonchev–Trinajstić information content (AvgIpc) is 2.21. The van der Waals surface area contributed by atoms with Gasteiger partial charge in [0, 0.05) is 5.02 Å². The molecule has 0 saturated carbocycles. The molecule has 7 heteroatoms. The van der Waals surface area contributed by atoms with Gasteiger partial charge in [-0.3, -0.25) is 9.59 Å². The standard InChI is InChI=1S/C10H5ClFNO4/c11-6-1-4(3-13)7(12)2-5(6)8(9(14)15)10(16)17/h1-2,8H,(H,14,15)(H,16,17). The molecule has 0 spiro atoms. The van der Waals surface area contributed by atoms with E-state index in [-0.39, 0.29) is 10.6 Å². The maximum atomic E-state index is 13.3. The Hall–Kier alpha value is -2.13. The van der Waals surface area contributed by atoms with Crippen molar-refractivity contribution in [1.29, 1.82) is 5.26 Å². The van der Waals surface area contributed by atoms with Crippen LogP contribution in [0.1, 0.15) is 17.0 Å². The second-order valence-corrected chi connectivity index (χ2v) is 3.48. The zero-order valence-electron chi connectivity index (χ0n) is 8.15. The Morgan fingerprint density at radius 2 is 1.88 bits per heavy atom. The number of hydrogen-bond acceptors (Lipinski definition) is 3. The zero-order chi connectivity index (χ0) is 13.2. The van der Waals surface area contributed by atoms with Crippen LogP contribution in [0, 0.1) is 17.1 Å². The number of rotatable bonds is 3. The quantitative estimate of drug-likeness (QED) is 0.802. The smallest absolute Gasteiger partial charge is 0.322 e. The van der Waals surface area contributed by atoms with Crippen LogP contribution < -0.4 is 0 Å². The summed E-state index contributed by atoms with van der Waals surface area (Å²) < 4.78 is 13.3. The molecule has 0 radical (unpaired) electrons. The molecule has 0 atom stereocenters. The van der Waals surface area contributed by atoms with Crippen molar-refractivity contribution in [2.75, 3.05) is 0 Å². The molecule has 0 aromatic heterocycles. The van der Waals surface area contributed by atoms with Gasteiger partial charge < -0.3 is 10.2 Å². The Bertz CT molecular complexity index is 524. The first-order valence-electron chi connectivity index (χ1n) is 4.23. The monoisotopic (exact) mass is 257 g/mol. The van der Waals surface area contributed by atoms with Gasteiger partial charge in [0.15, 0.2) is 5.92 Å². The van der Waals surface area contributed by atoms with Crippen LogP contribution in [0.5, 0.6) is 0 Å². The summed E-state index contributed by atoms with van der Waals surface area (Å²) in [5.41, 5.74) is -0.781. The molecule has 1 rings (SSSR count). The highest BCUT2D eigenvalue weighted by Gasteiger charge is 2.30. The van der Waals surface area contributed by atoms with Crippen molar-refractivity contribution in [3.63, 3.8) is 0 Å². The molecule has 2 N–H and O–H groups in total. The summed E-state index contributed by atoms with van der Waals surface area (Å²) in [6.45, 7) is 0. The number of aliphatic carboxylic acids is 2. The Kier molecular flexibility index (Phi) is 3.66. The fourth-order valence-corrected chi connectivity index (χ4v) is 1.51. The molecular formula is C10H5ClFNO4. The molecule has 0 bridgehead atoms. The lowest BCUT2D eigenvalue weighted by Gasteiger charge is -2.10. The van der Waals surface area contributed by atoms with E-state index in [2.05, 4.69) is 0 Å². The van der Waals surface area contributed by atoms with E-state index in [4.69, 9.17) is 27.1 Å². The normalized spacial score (nSPS) is 10.0. The Morgan fingerprint density at radius 3 is 2.29 bits per heavy atom. The van der Waals surface area contributed by atoms with Crippen LogP contribution in [0.2, 0.25) is 5.02 Å². The number of nitrogens with zero attached hydrogens (tertiary/aromatic N) is 1. The van der Waals surface area contributed by atoms with Crippen molar-refractivity contribution in [2.45, 2.75) is 5.92 Å². The molecule has 0 amide bonds. The van der Waals surface area contributed by atoms with Gasteiger partial charge in [0.1, 0.15) is 11.9 Å². The summed E-state index contributed by atoms with van der Waals surface area (Å²) in [5, 5.41) is 25.7. The number of nitriles is 1. The highest BCUT2D eigenvalue weighted by Crippen LogP contribution is 2.28. The molecule has 0 aliphatic carbocycles. The molecule has 0 heterocycles. The third-order valence-corrected chi connectivity index (χ3v) is 2.34. The maximum Gasteiger partial charge on any atom is 0.322 e. The second-order valence-electron chi connectivity index (χ2n) is 3.07. The van der Waals surface area contributed by atoms with Crippen LogP contribution in [0.25, 0.3) is 0 Å². The molecule has 5 nitrogen and oxygen atoms in total. The first-order valence-corrected chi connectivity index (χ1v) is 4.61. The fraction of sp³-hybridized carbons (Fsp3) is 0.100. The summed E-state index contributed by atoms with van der Waals surface area (Å²) in [4.78, 5) is 21.5. The van der Waals surface area contributed by atoms with Crippen molar-refractivity contribution in [2.24, 2.45) is 0 Å². The van der Waals surface area contributed by atoms with Gasteiger partial charge in [-0.25, -0.2) is 4.39 Å². The molecule has 0 fully saturated rings. The summed E-state index contributed by atoms with van der Waals surface area (Å²) >= 11 is 5.62. The van der Waals surface area contributed by atoms with Crippen LogP contribution in [-0.4, -0.2) is 22.2 Å². The van der Waals surface area contributed by atoms with Gasteiger partial charge in [0.2, 0.25) is 0 Å². The second kappa shape index (κ2) is 4.80. The Labute approximate surface area is 99.7 Å². The van der Waals surface area contributed by atoms with Crippen molar-refractivity contribution in [3.05, 3.63) is 34.1 Å². The SMILES string of the molecule is N#Cc1cc(Cl)c(C(C(=O)O)C(=O)O)cc1F. The van der Waals surface area contributed by atoms with Crippen molar-refractivity contribution >= 4 is 23.5 Å². The lowest BCUT2D eigenvalue weighted by atomic mass is 9.98. The third kappa shape index (κ3) is 2.52. The van der Waals surface area contributed by atoms with Crippen molar-refractivity contribution in [1.82, 2.24) is 0 Å². The number of halogens is 2. The number of carbonyl (C=O) groups is 2. The predicted octanol–water partition coefficient (Wildman–Crippen LogP) is 1.60. The highest BCUT2D eigenvalue weighted by molar-refractivity contribution is 6.32. The van der Waals surface area contributed by atoms with Gasteiger partial charge in [-0.15, -0.1) is 0 Å². The van der Waals surface area contributed by atoms with Gasteiger partial charge in [-0.2, -0.15) is 5.26 Å². The van der Waals surface area contributed by atoms with Crippen LogP contribution >= 0.6 is 11.6 Å². The van der Waals surface area contributed by atoms with E-state index in [1.165, 1.54) is 6.07 Å². The summed E-state index contributed by atoms with van der Waals surface area (Å²) in [6, 6.07) is 3.05. The van der Waals surface area contributed by atoms with Crippen LogP contribution in [0.4, 0.5) is 4.39 Å². The molecule has 17 heavy (non-hydrogen) atoms. The van der Waals surface area contributed by atoms with E-state index >= 15 is 0 Å². The van der Waals surface area contributed by atoms with Gasteiger partial charge in [0.25, 0.3) is 0 Å². The van der Waals surface area contributed by atoms with E-state index in [9.17, 15) is 14.0 Å². The molecular weight excluding hydrogens is 253 g/mol. The summed E-state index contributed by atoms with van der Waals surface area (Å²) in [7, 11) is 0. The van der Waals surface area contributed by atoms with Crippen LogP contribution in [0.15, 0.2) is 12.1 Å². The van der Waals surface area contributed by atoms with E-state index in [1.807, 2.05) is 0 Å². The van der Waals surface area contributed by atoms with Crippen molar-refractivity contribution < 1.29 is 24.2 Å². The Morgan fingerprint density at radius 1 is 1.35 bits per heavy atom. The molecule has 0 aliphatic heterocycles. The van der Waals surface area contributed by atoms with Gasteiger partial charge in [-0.05, 0) is 17.7 Å². The number of benzene rings is 1. The maximum absolute atomic E-state index is 13.3. The number of carboxylic acid groups (broad SMARTS) is 2. The van der Waals surface area contributed by atoms with E-state index in [0.717, 1.165) is 6.07 Å². The Balaban J connectivity index is 3.41. The molecule has 1 aromatic carbocycles. The molecule has 1 aromatic rings. The van der Waals surface area contributed by atoms with Gasteiger partial charge >= 0.3 is 11.9 Å². The minimum Gasteiger partial charge on any atom is -0.480 e. The topological polar surface area (TPSA) is 98.4 Å². The molecule has 0 aliphatic rings. The molecule has 0 saturated heterocycles. The third-order valence-electron chi connectivity index (χ3n) is 2.01. The van der Waals surface area contributed by atoms with Crippen LogP contribution in [-0.2, 0) is 9.59 Å². The lowest BCUT2D eigenvalue weighted by molar-refractivity contribution is -0.150. The number of carboxylic acids is 2. The molecule has 0 unspecified atom stereocenters. The summed E-state index contributed by atoms with van der Waals surface area (Å²) in [5.74, 6) is -6.31. The van der Waals surface area contributed by atoms with Gasteiger partial charge in [-0.1, -0.05) is 11.6 Å². The average molecular weight is 258 g/mol.